The molecule has 5 rings (SSSR count). The summed E-state index contributed by atoms with van der Waals surface area (Å²) in [6.07, 6.45) is 4.99. The van der Waals surface area contributed by atoms with E-state index in [4.69, 9.17) is 9.47 Å². The van der Waals surface area contributed by atoms with Crippen molar-refractivity contribution in [2.24, 2.45) is 0 Å². The molecule has 1 saturated heterocycles. The van der Waals surface area contributed by atoms with E-state index in [0.29, 0.717) is 29.1 Å². The highest BCUT2D eigenvalue weighted by atomic mass is 16.5. The number of ketones is 1. The number of carbonyl (C=O) groups is 1. The summed E-state index contributed by atoms with van der Waals surface area (Å²) in [5, 5.41) is 13.5. The third kappa shape index (κ3) is 4.60. The third-order valence-electron chi connectivity index (χ3n) is 5.85. The van der Waals surface area contributed by atoms with Crippen molar-refractivity contribution in [3.05, 3.63) is 84.2 Å². The largest absolute Gasteiger partial charge is 0.457 e. The monoisotopic (exact) mass is 443 g/mol. The lowest BCUT2D eigenvalue weighted by molar-refractivity contribution is -0.0223. The number of aromatic nitrogens is 2. The zero-order valence-corrected chi connectivity index (χ0v) is 18.0. The normalized spacial score (nSPS) is 18.2. The van der Waals surface area contributed by atoms with Gasteiger partial charge < -0.3 is 24.9 Å². The number of anilines is 1. The number of aliphatic hydroxyl groups is 1. The Kier molecular flexibility index (Phi) is 6.06. The first-order chi connectivity index (χ1) is 16.2. The zero-order valence-electron chi connectivity index (χ0n) is 18.0. The number of fused-ring (bicyclic) bond motifs is 1. The minimum absolute atomic E-state index is 0.0395. The predicted molar refractivity (Wildman–Crippen MR) is 126 cm³/mol. The molecule has 0 bridgehead atoms. The molecule has 0 spiro atoms. The molecule has 2 aromatic heterocycles. The van der Waals surface area contributed by atoms with Gasteiger partial charge in [0.15, 0.2) is 5.78 Å². The number of nitrogens with one attached hydrogen (secondary N) is 2. The minimum Gasteiger partial charge on any atom is -0.457 e. The fourth-order valence-corrected chi connectivity index (χ4v) is 4.09. The highest BCUT2D eigenvalue weighted by Gasteiger charge is 2.23. The number of H-pyrrole nitrogens is 1. The number of pyridine rings is 1. The van der Waals surface area contributed by atoms with E-state index < -0.39 is 0 Å². The van der Waals surface area contributed by atoms with E-state index in [1.807, 2.05) is 36.4 Å². The maximum Gasteiger partial charge on any atom is 0.195 e. The number of aromatic amines is 1. The Hall–Kier alpha value is -3.68. The van der Waals surface area contributed by atoms with Gasteiger partial charge in [-0.15, -0.1) is 0 Å². The van der Waals surface area contributed by atoms with Crippen molar-refractivity contribution in [3.63, 3.8) is 0 Å². The molecule has 2 aromatic carbocycles. The fraction of sp³-hybridized carbons (Fsp3) is 0.231. The molecule has 2 atom stereocenters. The summed E-state index contributed by atoms with van der Waals surface area (Å²) in [4.78, 5) is 20.9. The average Bonchev–Trinajstić information content (AvgIpc) is 3.30. The van der Waals surface area contributed by atoms with Gasteiger partial charge in [-0.05, 0) is 55.3 Å². The van der Waals surface area contributed by atoms with Gasteiger partial charge in [-0.1, -0.05) is 18.2 Å². The van der Waals surface area contributed by atoms with Crippen LogP contribution in [0.3, 0.4) is 0 Å². The molecule has 1 unspecified atom stereocenters. The third-order valence-corrected chi connectivity index (χ3v) is 5.85. The molecule has 0 saturated carbocycles. The Morgan fingerprint density at radius 2 is 1.88 bits per heavy atom. The molecular weight excluding hydrogens is 418 g/mol. The molecule has 7 heteroatoms. The van der Waals surface area contributed by atoms with Crippen molar-refractivity contribution in [2.45, 2.75) is 25.0 Å². The summed E-state index contributed by atoms with van der Waals surface area (Å²) < 4.78 is 11.5. The van der Waals surface area contributed by atoms with Crippen molar-refractivity contribution in [1.29, 1.82) is 0 Å². The quantitative estimate of drug-likeness (QED) is 0.363. The van der Waals surface area contributed by atoms with Gasteiger partial charge in [0, 0.05) is 29.7 Å². The molecule has 0 radical (unpaired) electrons. The molecular formula is C26H25N3O4. The fourth-order valence-electron chi connectivity index (χ4n) is 4.09. The van der Waals surface area contributed by atoms with Gasteiger partial charge in [0.25, 0.3) is 0 Å². The van der Waals surface area contributed by atoms with Crippen molar-refractivity contribution in [2.75, 3.05) is 18.5 Å². The first kappa shape index (κ1) is 21.2. The number of hydrogen-bond donors (Lipinski definition) is 3. The number of aliphatic hydroxyl groups excluding tert-OH is 1. The number of para-hydroxylation sites is 1. The van der Waals surface area contributed by atoms with Crippen molar-refractivity contribution in [1.82, 2.24) is 9.97 Å². The van der Waals surface area contributed by atoms with Crippen LogP contribution < -0.4 is 10.1 Å². The van der Waals surface area contributed by atoms with E-state index in [1.165, 1.54) is 0 Å². The number of nitrogens with zero attached hydrogens (tertiary/aromatic N) is 1. The summed E-state index contributed by atoms with van der Waals surface area (Å²) in [5.74, 6) is 1.31. The number of carbonyl (C=O) groups excluding carboxylic acids is 1. The highest BCUT2D eigenvalue weighted by molar-refractivity contribution is 6.18. The van der Waals surface area contributed by atoms with Crippen molar-refractivity contribution >= 4 is 22.5 Å². The molecule has 33 heavy (non-hydrogen) atoms. The van der Waals surface area contributed by atoms with Crippen LogP contribution >= 0.6 is 0 Å². The zero-order chi connectivity index (χ0) is 22.6. The van der Waals surface area contributed by atoms with E-state index in [1.54, 1.807) is 36.7 Å². The molecule has 1 aliphatic rings. The molecule has 0 aliphatic carbocycles. The first-order valence-corrected chi connectivity index (χ1v) is 11.0. The summed E-state index contributed by atoms with van der Waals surface area (Å²) in [5.41, 5.74) is 2.61. The molecule has 168 valence electrons. The minimum atomic E-state index is -0.0984. The summed E-state index contributed by atoms with van der Waals surface area (Å²) >= 11 is 0. The smallest absolute Gasteiger partial charge is 0.195 e. The van der Waals surface area contributed by atoms with Gasteiger partial charge in [-0.3, -0.25) is 4.79 Å². The van der Waals surface area contributed by atoms with E-state index in [0.717, 1.165) is 29.7 Å². The average molecular weight is 444 g/mol. The van der Waals surface area contributed by atoms with Crippen LogP contribution in [0.5, 0.6) is 11.5 Å². The van der Waals surface area contributed by atoms with Crippen LogP contribution in [0.1, 0.15) is 28.8 Å². The number of hydrogen-bond acceptors (Lipinski definition) is 6. The Labute approximate surface area is 191 Å². The van der Waals surface area contributed by atoms with E-state index in [-0.39, 0.29) is 24.5 Å². The number of rotatable bonds is 7. The van der Waals surface area contributed by atoms with Crippen LogP contribution in [-0.4, -0.2) is 46.2 Å². The number of ether oxygens (including phenoxy) is 2. The molecule has 3 N–H and O–H groups in total. The molecule has 1 fully saturated rings. The van der Waals surface area contributed by atoms with Crippen LogP contribution in [-0.2, 0) is 4.74 Å². The number of benzene rings is 2. The lowest BCUT2D eigenvalue weighted by Gasteiger charge is -2.29. The van der Waals surface area contributed by atoms with Crippen LogP contribution in [0.15, 0.2) is 73.1 Å². The molecule has 3 heterocycles. The van der Waals surface area contributed by atoms with E-state index in [2.05, 4.69) is 15.3 Å². The lowest BCUT2D eigenvalue weighted by Crippen LogP contribution is -2.36. The van der Waals surface area contributed by atoms with E-state index >= 15 is 0 Å². The summed E-state index contributed by atoms with van der Waals surface area (Å²) in [7, 11) is 0. The summed E-state index contributed by atoms with van der Waals surface area (Å²) in [6, 6.07) is 18.6. The molecule has 4 aromatic rings. The summed E-state index contributed by atoms with van der Waals surface area (Å²) in [6.45, 7) is 0.545. The highest BCUT2D eigenvalue weighted by Crippen LogP contribution is 2.30. The van der Waals surface area contributed by atoms with Gasteiger partial charge in [-0.2, -0.15) is 0 Å². The standard InChI is InChI=1S/C26H25N3O4/c30-15-21-11-8-18(16-32-21)29-23-12-13-27-26-24(23)22(14-28-26)25(31)17-6-9-20(10-7-17)33-19-4-2-1-3-5-19/h1-7,9-10,12-14,18,21,30H,8,11,15-16H2,(H2,27,28,29)/t18?,21-/m0/s1. The van der Waals surface area contributed by atoms with Crippen molar-refractivity contribution in [3.8, 4) is 11.5 Å². The van der Waals surface area contributed by atoms with Crippen LogP contribution in [0.25, 0.3) is 11.0 Å². The topological polar surface area (TPSA) is 96.5 Å². The lowest BCUT2D eigenvalue weighted by atomic mass is 10.0. The SMILES string of the molecule is O=C(c1ccc(Oc2ccccc2)cc1)c1c[nH]c2nccc(NC3CC[C@@H](CO)OC3)c12. The van der Waals surface area contributed by atoms with Gasteiger partial charge in [0.1, 0.15) is 17.1 Å². The second-order valence-electron chi connectivity index (χ2n) is 8.11. The molecule has 7 nitrogen and oxygen atoms in total. The molecule has 1 aliphatic heterocycles. The van der Waals surface area contributed by atoms with E-state index in [9.17, 15) is 9.90 Å². The van der Waals surface area contributed by atoms with Crippen molar-refractivity contribution < 1.29 is 19.4 Å². The van der Waals surface area contributed by atoms with Gasteiger partial charge in [-0.25, -0.2) is 4.98 Å². The Morgan fingerprint density at radius 1 is 1.09 bits per heavy atom. The van der Waals surface area contributed by atoms with Crippen LogP contribution in [0.4, 0.5) is 5.69 Å². The Balaban J connectivity index is 1.36. The maximum atomic E-state index is 13.3. The first-order valence-electron chi connectivity index (χ1n) is 11.0. The van der Waals surface area contributed by atoms with Crippen LogP contribution in [0.2, 0.25) is 0 Å². The van der Waals surface area contributed by atoms with Gasteiger partial charge in [0.2, 0.25) is 0 Å². The molecule has 0 amide bonds. The van der Waals surface area contributed by atoms with Gasteiger partial charge >= 0.3 is 0 Å². The Morgan fingerprint density at radius 3 is 2.61 bits per heavy atom. The van der Waals surface area contributed by atoms with Crippen LogP contribution in [0, 0.1) is 0 Å². The second kappa shape index (κ2) is 9.44. The maximum absolute atomic E-state index is 13.3. The van der Waals surface area contributed by atoms with Gasteiger partial charge in [0.05, 0.1) is 30.3 Å². The second-order valence-corrected chi connectivity index (χ2v) is 8.11. The Bertz CT molecular complexity index is 1230. The predicted octanol–water partition coefficient (Wildman–Crippen LogP) is 4.54.